The third-order valence-corrected chi connectivity index (χ3v) is 2.83. The molecular weight excluding hydrogens is 205 g/mol. The molecule has 15 heavy (non-hydrogen) atoms. The lowest BCUT2D eigenvalue weighted by atomic mass is 9.74. The average molecular weight is 220 g/mol. The highest BCUT2D eigenvalue weighted by atomic mass is 19.4. The zero-order valence-electron chi connectivity index (χ0n) is 8.86. The molecule has 0 saturated carbocycles. The van der Waals surface area contributed by atoms with E-state index in [1.807, 2.05) is 13.8 Å². The van der Waals surface area contributed by atoms with Gasteiger partial charge in [-0.15, -0.1) is 0 Å². The summed E-state index contributed by atoms with van der Waals surface area (Å²) in [5.41, 5.74) is -3.16. The smallest absolute Gasteiger partial charge is 0.381 e. The lowest BCUT2D eigenvalue weighted by Crippen LogP contribution is -2.39. The van der Waals surface area contributed by atoms with Crippen molar-refractivity contribution in [3.05, 3.63) is 24.3 Å². The summed E-state index contributed by atoms with van der Waals surface area (Å²) in [4.78, 5) is 0. The van der Waals surface area contributed by atoms with Gasteiger partial charge in [-0.05, 0) is 18.3 Å². The van der Waals surface area contributed by atoms with E-state index in [4.69, 9.17) is 0 Å². The topological polar surface area (TPSA) is 20.2 Å². The van der Waals surface area contributed by atoms with Crippen LogP contribution >= 0.6 is 0 Å². The standard InChI is InChI=1S/C11H15F3O/c1-8(11(12,13)14)10(15)6-4-9(2,3)5-7-10/h4,6,15H,1,5,7H2,2-3H3. The minimum Gasteiger partial charge on any atom is -0.381 e. The van der Waals surface area contributed by atoms with Crippen molar-refractivity contribution >= 4 is 0 Å². The molecule has 1 atom stereocenters. The maximum absolute atomic E-state index is 12.4. The van der Waals surface area contributed by atoms with Crippen molar-refractivity contribution in [3.63, 3.8) is 0 Å². The van der Waals surface area contributed by atoms with Crippen molar-refractivity contribution in [3.8, 4) is 0 Å². The van der Waals surface area contributed by atoms with Crippen LogP contribution in [0.1, 0.15) is 26.7 Å². The van der Waals surface area contributed by atoms with Crippen LogP contribution in [0.3, 0.4) is 0 Å². The third-order valence-electron chi connectivity index (χ3n) is 2.83. The second kappa shape index (κ2) is 3.37. The Labute approximate surface area is 87.3 Å². The Morgan fingerprint density at radius 2 is 1.80 bits per heavy atom. The van der Waals surface area contributed by atoms with Gasteiger partial charge in [0.05, 0.1) is 5.57 Å². The van der Waals surface area contributed by atoms with Crippen molar-refractivity contribution < 1.29 is 18.3 Å². The first-order chi connectivity index (χ1) is 6.57. The summed E-state index contributed by atoms with van der Waals surface area (Å²) in [7, 11) is 0. The molecule has 4 heteroatoms. The van der Waals surface area contributed by atoms with Crippen LogP contribution in [-0.2, 0) is 0 Å². The van der Waals surface area contributed by atoms with Crippen LogP contribution in [0.4, 0.5) is 13.2 Å². The summed E-state index contributed by atoms with van der Waals surface area (Å²) in [6, 6.07) is 0. The van der Waals surface area contributed by atoms with Crippen LogP contribution in [0.25, 0.3) is 0 Å². The van der Waals surface area contributed by atoms with E-state index >= 15 is 0 Å². The van der Waals surface area contributed by atoms with E-state index in [1.54, 1.807) is 6.08 Å². The molecule has 1 unspecified atom stereocenters. The van der Waals surface area contributed by atoms with E-state index in [0.29, 0.717) is 6.42 Å². The summed E-state index contributed by atoms with van der Waals surface area (Å²) < 4.78 is 37.1. The van der Waals surface area contributed by atoms with Gasteiger partial charge in [0.1, 0.15) is 5.60 Å². The molecule has 0 heterocycles. The molecule has 0 saturated heterocycles. The van der Waals surface area contributed by atoms with Gasteiger partial charge in [0.2, 0.25) is 0 Å². The van der Waals surface area contributed by atoms with E-state index in [2.05, 4.69) is 6.58 Å². The van der Waals surface area contributed by atoms with E-state index in [0.717, 1.165) is 0 Å². The van der Waals surface area contributed by atoms with Crippen LogP contribution in [-0.4, -0.2) is 16.9 Å². The number of aliphatic hydroxyl groups is 1. The molecular formula is C11H15F3O. The molecule has 1 rings (SSSR count). The van der Waals surface area contributed by atoms with Gasteiger partial charge >= 0.3 is 6.18 Å². The molecule has 0 bridgehead atoms. The lowest BCUT2D eigenvalue weighted by Gasteiger charge is -2.36. The zero-order valence-corrected chi connectivity index (χ0v) is 8.86. The van der Waals surface area contributed by atoms with Crippen LogP contribution in [0.15, 0.2) is 24.3 Å². The largest absolute Gasteiger partial charge is 0.415 e. The molecule has 0 spiro atoms. The Kier molecular flexibility index (Phi) is 2.76. The number of allylic oxidation sites excluding steroid dienone is 1. The maximum atomic E-state index is 12.4. The quantitative estimate of drug-likeness (QED) is 0.673. The lowest BCUT2D eigenvalue weighted by molar-refractivity contribution is -0.115. The molecule has 0 aromatic heterocycles. The van der Waals surface area contributed by atoms with Gasteiger partial charge in [0.15, 0.2) is 0 Å². The second-order valence-corrected chi connectivity index (χ2v) is 4.72. The van der Waals surface area contributed by atoms with Gasteiger partial charge in [0.25, 0.3) is 0 Å². The minimum atomic E-state index is -4.54. The maximum Gasteiger partial charge on any atom is 0.415 e. The monoisotopic (exact) mass is 220 g/mol. The fourth-order valence-corrected chi connectivity index (χ4v) is 1.54. The third kappa shape index (κ3) is 2.62. The Morgan fingerprint density at radius 3 is 2.13 bits per heavy atom. The molecule has 1 N–H and O–H groups in total. The van der Waals surface area contributed by atoms with Crippen LogP contribution in [0.2, 0.25) is 0 Å². The predicted molar refractivity (Wildman–Crippen MR) is 52.3 cm³/mol. The van der Waals surface area contributed by atoms with E-state index in [9.17, 15) is 18.3 Å². The predicted octanol–water partition coefficient (Wildman–Crippen LogP) is 3.21. The van der Waals surface area contributed by atoms with Gasteiger partial charge in [-0.3, -0.25) is 0 Å². The molecule has 0 aromatic carbocycles. The van der Waals surface area contributed by atoms with E-state index in [1.165, 1.54) is 6.08 Å². The van der Waals surface area contributed by atoms with Gasteiger partial charge in [0, 0.05) is 0 Å². The first kappa shape index (κ1) is 12.3. The Hall–Kier alpha value is -0.770. The molecule has 86 valence electrons. The van der Waals surface area contributed by atoms with Gasteiger partial charge in [-0.1, -0.05) is 32.6 Å². The van der Waals surface area contributed by atoms with Crippen molar-refractivity contribution in [2.75, 3.05) is 0 Å². The fourth-order valence-electron chi connectivity index (χ4n) is 1.54. The number of rotatable bonds is 1. The highest BCUT2D eigenvalue weighted by Crippen LogP contribution is 2.42. The van der Waals surface area contributed by atoms with E-state index in [-0.39, 0.29) is 11.8 Å². The highest BCUT2D eigenvalue weighted by molar-refractivity contribution is 5.29. The Balaban J connectivity index is 2.93. The van der Waals surface area contributed by atoms with E-state index < -0.39 is 17.4 Å². The molecule has 1 aliphatic rings. The first-order valence-corrected chi connectivity index (χ1v) is 4.76. The normalized spacial score (nSPS) is 30.3. The van der Waals surface area contributed by atoms with Crippen LogP contribution in [0.5, 0.6) is 0 Å². The minimum absolute atomic E-state index is 0.0643. The Bertz CT molecular complexity index is 301. The molecule has 1 aliphatic carbocycles. The van der Waals surface area contributed by atoms with Gasteiger partial charge in [-0.25, -0.2) is 0 Å². The van der Waals surface area contributed by atoms with Gasteiger partial charge < -0.3 is 5.11 Å². The summed E-state index contributed by atoms with van der Waals surface area (Å²) in [5.74, 6) is 0. The van der Waals surface area contributed by atoms with Crippen LogP contribution in [0, 0.1) is 5.41 Å². The summed E-state index contributed by atoms with van der Waals surface area (Å²) >= 11 is 0. The molecule has 0 amide bonds. The van der Waals surface area contributed by atoms with Crippen molar-refractivity contribution in [2.45, 2.75) is 38.5 Å². The molecule has 1 nitrogen and oxygen atoms in total. The fraction of sp³-hybridized carbons (Fsp3) is 0.636. The van der Waals surface area contributed by atoms with Crippen LogP contribution < -0.4 is 0 Å². The summed E-state index contributed by atoms with van der Waals surface area (Å²) in [6.07, 6.45) is -1.13. The average Bonchev–Trinajstić information content (AvgIpc) is 2.08. The van der Waals surface area contributed by atoms with Gasteiger partial charge in [-0.2, -0.15) is 13.2 Å². The number of alkyl halides is 3. The molecule has 0 fully saturated rings. The number of halogens is 3. The second-order valence-electron chi connectivity index (χ2n) is 4.72. The summed E-state index contributed by atoms with van der Waals surface area (Å²) in [5, 5.41) is 9.80. The molecule has 0 aromatic rings. The number of hydrogen-bond donors (Lipinski definition) is 1. The van der Waals surface area contributed by atoms with Crippen molar-refractivity contribution in [1.29, 1.82) is 0 Å². The molecule has 0 aliphatic heterocycles. The Morgan fingerprint density at radius 1 is 1.27 bits per heavy atom. The highest BCUT2D eigenvalue weighted by Gasteiger charge is 2.46. The molecule has 0 radical (unpaired) electrons. The zero-order chi connectivity index (χ0) is 11.9. The SMILES string of the molecule is C=C(C(F)(F)F)C1(O)C=CC(C)(C)CC1. The van der Waals surface area contributed by atoms with Crippen molar-refractivity contribution in [1.82, 2.24) is 0 Å². The number of hydrogen-bond acceptors (Lipinski definition) is 1. The first-order valence-electron chi connectivity index (χ1n) is 4.76. The van der Waals surface area contributed by atoms with Crippen molar-refractivity contribution in [2.24, 2.45) is 5.41 Å². The summed E-state index contributed by atoms with van der Waals surface area (Å²) in [6.45, 7) is 6.78.